The summed E-state index contributed by atoms with van der Waals surface area (Å²) in [6, 6.07) is 20.0. The van der Waals surface area contributed by atoms with Crippen LogP contribution in [-0.4, -0.2) is 23.0 Å². The molecule has 2 aliphatic heterocycles. The zero-order chi connectivity index (χ0) is 21.4. The van der Waals surface area contributed by atoms with Crippen molar-refractivity contribution in [1.82, 2.24) is 4.98 Å². The lowest BCUT2D eigenvalue weighted by Crippen LogP contribution is -2.44. The highest BCUT2D eigenvalue weighted by Crippen LogP contribution is 2.43. The second kappa shape index (κ2) is 8.36. The summed E-state index contributed by atoms with van der Waals surface area (Å²) in [4.78, 5) is 13.7. The van der Waals surface area contributed by atoms with Gasteiger partial charge in [-0.15, -0.1) is 0 Å². The Bertz CT molecular complexity index is 1150. The molecule has 31 heavy (non-hydrogen) atoms. The Morgan fingerprint density at radius 1 is 0.935 bits per heavy atom. The number of hydrogen-bond acceptors (Lipinski definition) is 7. The van der Waals surface area contributed by atoms with Crippen molar-refractivity contribution in [1.29, 1.82) is 0 Å². The van der Waals surface area contributed by atoms with Gasteiger partial charge in [0.1, 0.15) is 17.5 Å². The van der Waals surface area contributed by atoms with Crippen molar-refractivity contribution in [2.24, 2.45) is 16.5 Å². The molecule has 0 saturated carbocycles. The van der Waals surface area contributed by atoms with Crippen LogP contribution in [0.4, 0.5) is 11.4 Å². The fraction of sp³-hybridized carbons (Fsp3) is 0.130. The number of nitrogens with two attached hydrogens (primary N) is 2. The van der Waals surface area contributed by atoms with Crippen LogP contribution in [0.1, 0.15) is 11.1 Å². The summed E-state index contributed by atoms with van der Waals surface area (Å²) < 4.78 is 0. The molecule has 2 unspecified atom stereocenters. The Balaban J connectivity index is 1.39. The van der Waals surface area contributed by atoms with Crippen molar-refractivity contribution in [2.45, 2.75) is 18.1 Å². The average molecular weight is 449 g/mol. The van der Waals surface area contributed by atoms with Gasteiger partial charge in [-0.3, -0.25) is 9.88 Å². The van der Waals surface area contributed by atoms with Crippen LogP contribution in [0.25, 0.3) is 0 Å². The normalized spacial score (nSPS) is 20.4. The molecule has 3 heterocycles. The molecule has 0 fully saturated rings. The molecule has 5 rings (SSSR count). The second-order valence-electron chi connectivity index (χ2n) is 7.34. The van der Waals surface area contributed by atoms with Gasteiger partial charge in [-0.25, -0.2) is 4.99 Å². The van der Waals surface area contributed by atoms with Crippen molar-refractivity contribution in [3.05, 3.63) is 99.9 Å². The van der Waals surface area contributed by atoms with Crippen molar-refractivity contribution in [3.8, 4) is 0 Å². The summed E-state index contributed by atoms with van der Waals surface area (Å²) in [6.45, 7) is 0. The molecule has 3 aromatic rings. The quantitative estimate of drug-likeness (QED) is 0.624. The molecular formula is C23H21ClN6S. The molecule has 0 spiro atoms. The fourth-order valence-electron chi connectivity index (χ4n) is 3.76. The lowest BCUT2D eigenvalue weighted by molar-refractivity contribution is 0.797. The summed E-state index contributed by atoms with van der Waals surface area (Å²) in [5.74, 6) is 0.796. The molecule has 0 bridgehead atoms. The molecule has 0 radical (unpaired) electrons. The molecule has 1 aromatic heterocycles. The first-order valence-electron chi connectivity index (χ1n) is 9.87. The molecule has 8 heteroatoms. The van der Waals surface area contributed by atoms with Crippen molar-refractivity contribution in [3.63, 3.8) is 0 Å². The number of benzene rings is 2. The maximum atomic E-state index is 6.58. The first-order valence-corrected chi connectivity index (χ1v) is 11.1. The molecule has 2 atom stereocenters. The standard InChI is InChI=1S/C23H21ClN6S/c24-17-2-1-3-19(13-17)29-14-28-22-20(21(29)25)31-23(26)30(22)18-6-4-15(5-7-18)12-16-8-10-27-11-9-16/h1-11,13-14,21,23H,12,25-26H2. The van der Waals surface area contributed by atoms with E-state index in [0.717, 1.165) is 28.5 Å². The topological polar surface area (TPSA) is 83.8 Å². The molecule has 156 valence electrons. The average Bonchev–Trinajstić information content (AvgIpc) is 3.12. The van der Waals surface area contributed by atoms with E-state index in [-0.39, 0.29) is 11.7 Å². The van der Waals surface area contributed by atoms with Crippen LogP contribution >= 0.6 is 23.4 Å². The molecule has 0 saturated heterocycles. The molecule has 6 nitrogen and oxygen atoms in total. The zero-order valence-electron chi connectivity index (χ0n) is 16.6. The predicted molar refractivity (Wildman–Crippen MR) is 129 cm³/mol. The van der Waals surface area contributed by atoms with E-state index < -0.39 is 0 Å². The van der Waals surface area contributed by atoms with Crippen LogP contribution in [0.2, 0.25) is 5.02 Å². The van der Waals surface area contributed by atoms with Gasteiger partial charge in [-0.2, -0.15) is 0 Å². The maximum Gasteiger partial charge on any atom is 0.150 e. The summed E-state index contributed by atoms with van der Waals surface area (Å²) >= 11 is 7.69. The number of thioether (sulfide) groups is 1. The van der Waals surface area contributed by atoms with E-state index in [0.29, 0.717) is 5.02 Å². The minimum absolute atomic E-state index is 0.293. The van der Waals surface area contributed by atoms with E-state index >= 15 is 0 Å². The van der Waals surface area contributed by atoms with E-state index in [9.17, 15) is 0 Å². The number of aromatic nitrogens is 1. The maximum absolute atomic E-state index is 6.58. The highest BCUT2D eigenvalue weighted by Gasteiger charge is 2.38. The van der Waals surface area contributed by atoms with Crippen LogP contribution in [0.3, 0.4) is 0 Å². The van der Waals surface area contributed by atoms with E-state index in [1.165, 1.54) is 22.9 Å². The van der Waals surface area contributed by atoms with Gasteiger partial charge in [0.2, 0.25) is 0 Å². The molecule has 2 aliphatic rings. The molecule has 2 aromatic carbocycles. The van der Waals surface area contributed by atoms with E-state index in [1.54, 1.807) is 6.34 Å². The van der Waals surface area contributed by atoms with Gasteiger partial charge in [-0.05, 0) is 60.0 Å². The molecule has 4 N–H and O–H groups in total. The first kappa shape index (κ1) is 20.1. The van der Waals surface area contributed by atoms with Gasteiger partial charge >= 0.3 is 0 Å². The van der Waals surface area contributed by atoms with Crippen LogP contribution in [0.5, 0.6) is 0 Å². The van der Waals surface area contributed by atoms with Crippen molar-refractivity contribution >= 4 is 41.1 Å². The van der Waals surface area contributed by atoms with E-state index in [1.807, 2.05) is 58.6 Å². The predicted octanol–water partition coefficient (Wildman–Crippen LogP) is 4.12. The highest BCUT2D eigenvalue weighted by molar-refractivity contribution is 8.04. The van der Waals surface area contributed by atoms with Crippen LogP contribution in [-0.2, 0) is 6.42 Å². The summed E-state index contributed by atoms with van der Waals surface area (Å²) in [7, 11) is 0. The Morgan fingerprint density at radius 3 is 2.42 bits per heavy atom. The number of rotatable bonds is 4. The highest BCUT2D eigenvalue weighted by atomic mass is 35.5. The summed E-state index contributed by atoms with van der Waals surface area (Å²) in [5, 5.41) is 0.655. The minimum Gasteiger partial charge on any atom is -0.312 e. The Morgan fingerprint density at radius 2 is 1.68 bits per heavy atom. The van der Waals surface area contributed by atoms with Gasteiger partial charge in [0.15, 0.2) is 0 Å². The van der Waals surface area contributed by atoms with Crippen molar-refractivity contribution in [2.75, 3.05) is 9.80 Å². The summed E-state index contributed by atoms with van der Waals surface area (Å²) in [6.07, 6.45) is 5.86. The third-order valence-corrected chi connectivity index (χ3v) is 6.67. The van der Waals surface area contributed by atoms with E-state index in [2.05, 4.69) is 29.2 Å². The number of halogens is 1. The third-order valence-electron chi connectivity index (χ3n) is 5.30. The van der Waals surface area contributed by atoms with Gasteiger partial charge in [-0.1, -0.05) is 41.6 Å². The largest absolute Gasteiger partial charge is 0.312 e. The molecule has 0 amide bonds. The number of nitrogens with zero attached hydrogens (tertiary/aromatic N) is 4. The monoisotopic (exact) mass is 448 g/mol. The fourth-order valence-corrected chi connectivity index (χ4v) is 5.04. The smallest absolute Gasteiger partial charge is 0.150 e. The summed E-state index contributed by atoms with van der Waals surface area (Å²) in [5.41, 5.74) is 17.1. The number of hydrogen-bond donors (Lipinski definition) is 2. The van der Waals surface area contributed by atoms with E-state index in [4.69, 9.17) is 28.1 Å². The lowest BCUT2D eigenvalue weighted by Gasteiger charge is -2.31. The Hall–Kier alpha value is -2.84. The third kappa shape index (κ3) is 3.93. The van der Waals surface area contributed by atoms with Crippen LogP contribution < -0.4 is 21.3 Å². The van der Waals surface area contributed by atoms with Gasteiger partial charge in [0.05, 0.1) is 11.2 Å². The minimum atomic E-state index is -0.377. The van der Waals surface area contributed by atoms with Gasteiger partial charge < -0.3 is 16.4 Å². The van der Waals surface area contributed by atoms with Gasteiger partial charge in [0.25, 0.3) is 0 Å². The molecular weight excluding hydrogens is 428 g/mol. The second-order valence-corrected chi connectivity index (χ2v) is 8.94. The SMILES string of the molecule is NC1C2=C(N=CN1c1cccc(Cl)c1)N(c1ccc(Cc3ccncc3)cc1)C(N)S2. The van der Waals surface area contributed by atoms with Crippen molar-refractivity contribution < 1.29 is 0 Å². The van der Waals surface area contributed by atoms with Gasteiger partial charge in [0, 0.05) is 28.8 Å². The Kier molecular flexibility index (Phi) is 5.41. The van der Waals surface area contributed by atoms with Crippen LogP contribution in [0.15, 0.2) is 88.8 Å². The molecule has 0 aliphatic carbocycles. The first-order chi connectivity index (χ1) is 15.1. The number of anilines is 2. The Labute approximate surface area is 190 Å². The number of aliphatic imine (C=N–C) groups is 1. The van der Waals surface area contributed by atoms with Crippen LogP contribution in [0, 0.1) is 0 Å². The zero-order valence-corrected chi connectivity index (χ0v) is 18.2. The number of pyridine rings is 1. The lowest BCUT2D eigenvalue weighted by atomic mass is 10.1.